The Morgan fingerprint density at radius 1 is 1.24 bits per heavy atom. The van der Waals surface area contributed by atoms with E-state index in [2.05, 4.69) is 5.32 Å². The van der Waals surface area contributed by atoms with Crippen molar-refractivity contribution in [3.8, 4) is 0 Å². The van der Waals surface area contributed by atoms with Gasteiger partial charge in [0, 0.05) is 25.2 Å². The Morgan fingerprint density at radius 2 is 1.82 bits per heavy atom. The van der Waals surface area contributed by atoms with Gasteiger partial charge in [-0.15, -0.1) is 0 Å². The van der Waals surface area contributed by atoms with E-state index in [1.165, 1.54) is 6.92 Å². The van der Waals surface area contributed by atoms with E-state index in [0.29, 0.717) is 5.92 Å². The average molecular weight is 242 g/mol. The number of esters is 1. The van der Waals surface area contributed by atoms with Gasteiger partial charge in [-0.2, -0.15) is 0 Å². The Kier molecular flexibility index (Phi) is 5.12. The van der Waals surface area contributed by atoms with Crippen LogP contribution in [0.5, 0.6) is 0 Å². The second kappa shape index (κ2) is 6.15. The average Bonchev–Trinajstić information content (AvgIpc) is 2.27. The second-order valence-corrected chi connectivity index (χ2v) is 5.42. The van der Waals surface area contributed by atoms with Crippen LogP contribution in [0.4, 0.5) is 0 Å². The van der Waals surface area contributed by atoms with E-state index < -0.39 is 5.60 Å². The zero-order valence-electron chi connectivity index (χ0n) is 11.1. The van der Waals surface area contributed by atoms with Crippen molar-refractivity contribution in [3.05, 3.63) is 0 Å². The molecule has 17 heavy (non-hydrogen) atoms. The maximum atomic E-state index is 11.6. The molecule has 0 aromatic rings. The summed E-state index contributed by atoms with van der Waals surface area (Å²) >= 11 is 0. The Hall–Kier alpha value is -0.900. The summed E-state index contributed by atoms with van der Waals surface area (Å²) in [6.07, 6.45) is 2.67. The zero-order chi connectivity index (χ0) is 12.9. The molecule has 0 radical (unpaired) electrons. The van der Waals surface area contributed by atoms with Crippen LogP contribution in [0, 0.1) is 5.92 Å². The van der Waals surface area contributed by atoms with Crippen LogP contribution in [0.3, 0.4) is 0 Å². The third kappa shape index (κ3) is 4.86. The number of carbonyl (C=O) groups is 2. The van der Waals surface area contributed by atoms with Crippen LogP contribution in [-0.4, -0.2) is 30.4 Å². The highest BCUT2D eigenvalue weighted by Gasteiger charge is 2.35. The molecule has 1 heterocycles. The van der Waals surface area contributed by atoms with Crippen molar-refractivity contribution in [2.45, 2.75) is 52.1 Å². The summed E-state index contributed by atoms with van der Waals surface area (Å²) in [4.78, 5) is 22.4. The fraction of sp³-hybridized carbons (Fsp3) is 0.846. The summed E-state index contributed by atoms with van der Waals surface area (Å²) in [5.41, 5.74) is -0.401. The fourth-order valence-corrected chi connectivity index (χ4v) is 2.33. The molecule has 0 aromatic heterocycles. The molecule has 1 aliphatic heterocycles. The first kappa shape index (κ1) is 14.2. The normalized spacial score (nSPS) is 17.8. The number of hydrogen-bond donors (Lipinski definition) is 1. The van der Waals surface area contributed by atoms with Gasteiger partial charge in [-0.05, 0) is 20.8 Å². The monoisotopic (exact) mass is 242 g/mol. The largest absolute Gasteiger partial charge is 0.459 e. The number of rotatable bonds is 5. The van der Waals surface area contributed by atoms with Crippen molar-refractivity contribution >= 4 is 11.8 Å². The van der Waals surface area contributed by atoms with Gasteiger partial charge < -0.3 is 14.8 Å². The Balaban J connectivity index is 2.41. The van der Waals surface area contributed by atoms with Gasteiger partial charge in [0.1, 0.15) is 11.4 Å². The van der Waals surface area contributed by atoms with Crippen LogP contribution >= 0.6 is 0 Å². The molecule has 0 aromatic carbocycles. The highest BCUT2D eigenvalue weighted by molar-refractivity contribution is 5.81. The maximum absolute atomic E-state index is 11.6. The number of ether oxygens (including phenoxy) is 1. The first-order valence-electron chi connectivity index (χ1n) is 6.45. The highest BCUT2D eigenvalue weighted by Crippen LogP contribution is 2.28. The van der Waals surface area contributed by atoms with Gasteiger partial charge in [0.25, 0.3) is 0 Å². The lowest BCUT2D eigenvalue weighted by molar-refractivity contribution is -0.665. The third-order valence-electron chi connectivity index (χ3n) is 3.48. The van der Waals surface area contributed by atoms with Gasteiger partial charge in [-0.1, -0.05) is 0 Å². The number of carbonyl (C=O) groups excluding carboxylic acids is 2. The standard InChI is InChI=1S/C13H23NO3/c1-10(15)4-5-12(16)17-13(2,3)11-6-8-14-9-7-11/h11,14H,4-9H2,1-3H3/p+1. The van der Waals surface area contributed by atoms with E-state index >= 15 is 0 Å². The van der Waals surface area contributed by atoms with Crippen LogP contribution in [-0.2, 0) is 14.3 Å². The van der Waals surface area contributed by atoms with Crippen LogP contribution in [0.2, 0.25) is 0 Å². The summed E-state index contributed by atoms with van der Waals surface area (Å²) < 4.78 is 5.52. The molecule has 0 amide bonds. The van der Waals surface area contributed by atoms with Gasteiger partial charge in [-0.3, -0.25) is 4.79 Å². The SMILES string of the molecule is CC(=O)CCC(=O)OC(C)(C)C1CC[NH2+]CC1. The van der Waals surface area contributed by atoms with Crippen molar-refractivity contribution in [2.24, 2.45) is 5.92 Å². The minimum atomic E-state index is -0.401. The van der Waals surface area contributed by atoms with Gasteiger partial charge in [0.15, 0.2) is 0 Å². The molecule has 0 bridgehead atoms. The smallest absolute Gasteiger partial charge is 0.306 e. The van der Waals surface area contributed by atoms with E-state index in [4.69, 9.17) is 4.74 Å². The van der Waals surface area contributed by atoms with Gasteiger partial charge >= 0.3 is 5.97 Å². The summed E-state index contributed by atoms with van der Waals surface area (Å²) in [5, 5.41) is 2.30. The van der Waals surface area contributed by atoms with Crippen molar-refractivity contribution in [1.29, 1.82) is 0 Å². The maximum Gasteiger partial charge on any atom is 0.306 e. The molecule has 4 heteroatoms. The Morgan fingerprint density at radius 3 is 2.35 bits per heavy atom. The molecule has 1 fully saturated rings. The molecular formula is C13H24NO3+. The predicted octanol–water partition coefficient (Wildman–Crippen LogP) is 0.651. The quantitative estimate of drug-likeness (QED) is 0.720. The number of quaternary nitrogens is 1. The Labute approximate surface area is 103 Å². The summed E-state index contributed by atoms with van der Waals surface area (Å²) in [6.45, 7) is 7.68. The van der Waals surface area contributed by atoms with E-state index in [-0.39, 0.29) is 24.6 Å². The fourth-order valence-electron chi connectivity index (χ4n) is 2.33. The Bertz CT molecular complexity index is 280. The van der Waals surface area contributed by atoms with Crippen molar-refractivity contribution < 1.29 is 19.6 Å². The number of ketones is 1. The molecule has 98 valence electrons. The summed E-state index contributed by atoms with van der Waals surface area (Å²) in [7, 11) is 0. The van der Waals surface area contributed by atoms with Crippen LogP contribution in [0.1, 0.15) is 46.5 Å². The predicted molar refractivity (Wildman–Crippen MR) is 64.5 cm³/mol. The molecular weight excluding hydrogens is 218 g/mol. The molecule has 0 saturated carbocycles. The number of piperidine rings is 1. The number of nitrogens with two attached hydrogens (primary N) is 1. The third-order valence-corrected chi connectivity index (χ3v) is 3.48. The molecule has 0 atom stereocenters. The minimum Gasteiger partial charge on any atom is -0.459 e. The van der Waals surface area contributed by atoms with Crippen LogP contribution < -0.4 is 5.32 Å². The van der Waals surface area contributed by atoms with Crippen LogP contribution in [0.25, 0.3) is 0 Å². The molecule has 1 aliphatic rings. The summed E-state index contributed by atoms with van der Waals surface area (Å²) in [5.74, 6) is 0.223. The summed E-state index contributed by atoms with van der Waals surface area (Å²) in [6, 6.07) is 0. The van der Waals surface area contributed by atoms with Crippen molar-refractivity contribution in [2.75, 3.05) is 13.1 Å². The van der Waals surface area contributed by atoms with E-state index in [1.807, 2.05) is 13.8 Å². The lowest BCUT2D eigenvalue weighted by Crippen LogP contribution is -2.86. The van der Waals surface area contributed by atoms with E-state index in [0.717, 1.165) is 25.9 Å². The van der Waals surface area contributed by atoms with Crippen molar-refractivity contribution in [1.82, 2.24) is 0 Å². The zero-order valence-corrected chi connectivity index (χ0v) is 11.1. The molecule has 1 rings (SSSR count). The number of hydrogen-bond acceptors (Lipinski definition) is 3. The lowest BCUT2D eigenvalue weighted by atomic mass is 9.83. The molecule has 2 N–H and O–H groups in total. The highest BCUT2D eigenvalue weighted by atomic mass is 16.6. The van der Waals surface area contributed by atoms with E-state index in [1.54, 1.807) is 0 Å². The van der Waals surface area contributed by atoms with E-state index in [9.17, 15) is 9.59 Å². The van der Waals surface area contributed by atoms with Crippen molar-refractivity contribution in [3.63, 3.8) is 0 Å². The molecule has 1 saturated heterocycles. The second-order valence-electron chi connectivity index (χ2n) is 5.42. The van der Waals surface area contributed by atoms with Gasteiger partial charge in [0.2, 0.25) is 0 Å². The molecule has 0 spiro atoms. The van der Waals surface area contributed by atoms with Gasteiger partial charge in [0.05, 0.1) is 19.5 Å². The molecule has 0 aliphatic carbocycles. The minimum absolute atomic E-state index is 0.0343. The number of Topliss-reactive ketones (excluding diaryl/α,β-unsaturated/α-hetero) is 1. The first-order valence-corrected chi connectivity index (χ1v) is 6.45. The van der Waals surface area contributed by atoms with Crippen LogP contribution in [0.15, 0.2) is 0 Å². The lowest BCUT2D eigenvalue weighted by Gasteiger charge is -2.35. The van der Waals surface area contributed by atoms with Gasteiger partial charge in [-0.25, -0.2) is 0 Å². The molecule has 4 nitrogen and oxygen atoms in total. The molecule has 0 unspecified atom stereocenters. The first-order chi connectivity index (χ1) is 7.92. The topological polar surface area (TPSA) is 60.0 Å².